The number of ether oxygens (including phenoxy) is 3. The molecule has 0 aliphatic heterocycles. The van der Waals surface area contributed by atoms with Gasteiger partial charge in [-0.1, -0.05) is 0 Å². The van der Waals surface area contributed by atoms with Crippen LogP contribution in [-0.2, 0) is 9.53 Å². The van der Waals surface area contributed by atoms with Crippen LogP contribution in [0.3, 0.4) is 0 Å². The van der Waals surface area contributed by atoms with E-state index in [0.717, 1.165) is 12.1 Å². The lowest BCUT2D eigenvalue weighted by molar-refractivity contribution is -0.119. The summed E-state index contributed by atoms with van der Waals surface area (Å²) in [5.41, 5.74) is 0.803. The second-order valence-electron chi connectivity index (χ2n) is 4.32. The van der Waals surface area contributed by atoms with E-state index in [1.165, 1.54) is 0 Å². The number of carbonyl (C=O) groups is 1. The Balaban J connectivity index is 2.32. The van der Waals surface area contributed by atoms with Crippen molar-refractivity contribution in [1.29, 1.82) is 0 Å². The van der Waals surface area contributed by atoms with E-state index in [1.807, 2.05) is 13.0 Å². The van der Waals surface area contributed by atoms with Crippen molar-refractivity contribution < 1.29 is 19.0 Å². The third-order valence-corrected chi connectivity index (χ3v) is 2.83. The number of benzene rings is 1. The van der Waals surface area contributed by atoms with E-state index in [0.29, 0.717) is 31.3 Å². The molecular formula is C15H24N2O4. The quantitative estimate of drug-likeness (QED) is 0.643. The number of amides is 1. The zero-order valence-corrected chi connectivity index (χ0v) is 12.9. The molecule has 21 heavy (non-hydrogen) atoms. The Morgan fingerprint density at radius 2 is 1.95 bits per heavy atom. The average Bonchev–Trinajstić information content (AvgIpc) is 2.52. The summed E-state index contributed by atoms with van der Waals surface area (Å²) in [4.78, 5) is 11.7. The molecule has 6 nitrogen and oxygen atoms in total. The molecule has 0 aromatic heterocycles. The minimum atomic E-state index is -0.0544. The molecule has 0 radical (unpaired) electrons. The Hall–Kier alpha value is -1.95. The normalized spacial score (nSPS) is 10.0. The summed E-state index contributed by atoms with van der Waals surface area (Å²) < 4.78 is 15.6. The zero-order valence-electron chi connectivity index (χ0n) is 12.9. The summed E-state index contributed by atoms with van der Waals surface area (Å²) in [6.07, 6.45) is 0.815. The van der Waals surface area contributed by atoms with Gasteiger partial charge in [-0.05, 0) is 25.5 Å². The molecule has 1 aromatic carbocycles. The van der Waals surface area contributed by atoms with Crippen LogP contribution in [0, 0.1) is 0 Å². The van der Waals surface area contributed by atoms with Gasteiger partial charge < -0.3 is 24.8 Å². The first-order valence-electron chi connectivity index (χ1n) is 7.01. The van der Waals surface area contributed by atoms with Crippen LogP contribution < -0.4 is 20.1 Å². The van der Waals surface area contributed by atoms with Gasteiger partial charge in [-0.15, -0.1) is 0 Å². The van der Waals surface area contributed by atoms with E-state index < -0.39 is 0 Å². The second kappa shape index (κ2) is 9.88. The van der Waals surface area contributed by atoms with Crippen molar-refractivity contribution in [3.63, 3.8) is 0 Å². The van der Waals surface area contributed by atoms with Crippen molar-refractivity contribution in [1.82, 2.24) is 5.32 Å². The van der Waals surface area contributed by atoms with E-state index in [-0.39, 0.29) is 12.5 Å². The first kappa shape index (κ1) is 17.1. The van der Waals surface area contributed by atoms with Crippen LogP contribution in [0.5, 0.6) is 11.5 Å². The highest BCUT2D eigenvalue weighted by molar-refractivity contribution is 5.80. The molecule has 0 aliphatic rings. The van der Waals surface area contributed by atoms with Gasteiger partial charge in [0.2, 0.25) is 5.91 Å². The Bertz CT molecular complexity index is 438. The maximum absolute atomic E-state index is 11.7. The summed E-state index contributed by atoms with van der Waals surface area (Å²) in [5.74, 6) is 1.23. The van der Waals surface area contributed by atoms with Crippen molar-refractivity contribution in [3.8, 4) is 11.5 Å². The highest BCUT2D eigenvalue weighted by Gasteiger charge is 2.05. The Kier molecular flexibility index (Phi) is 8.04. The average molecular weight is 296 g/mol. The first-order chi connectivity index (χ1) is 10.2. The number of rotatable bonds is 10. The maximum Gasteiger partial charge on any atom is 0.239 e. The second-order valence-corrected chi connectivity index (χ2v) is 4.32. The molecule has 0 bridgehead atoms. The fourth-order valence-electron chi connectivity index (χ4n) is 1.74. The molecule has 2 N–H and O–H groups in total. The lowest BCUT2D eigenvalue weighted by atomic mass is 10.2. The van der Waals surface area contributed by atoms with E-state index in [4.69, 9.17) is 14.2 Å². The zero-order chi connectivity index (χ0) is 15.5. The van der Waals surface area contributed by atoms with Gasteiger partial charge in [0.25, 0.3) is 0 Å². The number of carbonyl (C=O) groups excluding carboxylic acids is 1. The van der Waals surface area contributed by atoms with Gasteiger partial charge in [-0.3, -0.25) is 4.79 Å². The maximum atomic E-state index is 11.7. The molecule has 0 saturated carbocycles. The van der Waals surface area contributed by atoms with Crippen molar-refractivity contribution in [2.75, 3.05) is 45.8 Å². The number of nitrogens with one attached hydrogen (secondary N) is 2. The largest absolute Gasteiger partial charge is 0.493 e. The molecule has 1 amide bonds. The highest BCUT2D eigenvalue weighted by Crippen LogP contribution is 2.29. The smallest absolute Gasteiger partial charge is 0.239 e. The first-order valence-corrected chi connectivity index (χ1v) is 7.01. The molecule has 0 spiro atoms. The van der Waals surface area contributed by atoms with Crippen molar-refractivity contribution >= 4 is 11.6 Å². The molecule has 6 heteroatoms. The van der Waals surface area contributed by atoms with Crippen LogP contribution in [0.15, 0.2) is 18.2 Å². The van der Waals surface area contributed by atoms with Crippen LogP contribution >= 0.6 is 0 Å². The fraction of sp³-hybridized carbons (Fsp3) is 0.533. The lowest BCUT2D eigenvalue weighted by Crippen LogP contribution is -2.31. The monoisotopic (exact) mass is 296 g/mol. The van der Waals surface area contributed by atoms with Gasteiger partial charge >= 0.3 is 0 Å². The number of hydrogen-bond donors (Lipinski definition) is 2. The molecule has 0 atom stereocenters. The molecule has 118 valence electrons. The minimum absolute atomic E-state index is 0.0544. The Morgan fingerprint density at radius 3 is 2.62 bits per heavy atom. The topological polar surface area (TPSA) is 68.8 Å². The Labute approximate surface area is 125 Å². The predicted octanol–water partition coefficient (Wildman–Crippen LogP) is 1.66. The standard InChI is InChI=1S/C15H24N2O4/c1-4-21-9-5-8-16-15(18)11-17-12-6-7-13(19-2)14(10-12)20-3/h6-7,10,17H,4-5,8-9,11H2,1-3H3,(H,16,18). The SMILES string of the molecule is CCOCCCNC(=O)CNc1ccc(OC)c(OC)c1. The van der Waals surface area contributed by atoms with Gasteiger partial charge in [0, 0.05) is 31.5 Å². The Morgan fingerprint density at radius 1 is 1.19 bits per heavy atom. The predicted molar refractivity (Wildman–Crippen MR) is 82.2 cm³/mol. The number of anilines is 1. The fourth-order valence-corrected chi connectivity index (χ4v) is 1.74. The van der Waals surface area contributed by atoms with Gasteiger partial charge in [-0.2, -0.15) is 0 Å². The minimum Gasteiger partial charge on any atom is -0.493 e. The van der Waals surface area contributed by atoms with Gasteiger partial charge in [-0.25, -0.2) is 0 Å². The summed E-state index contributed by atoms with van der Waals surface area (Å²) in [6, 6.07) is 5.42. The van der Waals surface area contributed by atoms with E-state index in [2.05, 4.69) is 10.6 Å². The number of hydrogen-bond acceptors (Lipinski definition) is 5. The highest BCUT2D eigenvalue weighted by atomic mass is 16.5. The van der Waals surface area contributed by atoms with Gasteiger partial charge in [0.15, 0.2) is 11.5 Å². The van der Waals surface area contributed by atoms with Crippen LogP contribution in [0.4, 0.5) is 5.69 Å². The van der Waals surface area contributed by atoms with E-state index in [9.17, 15) is 4.79 Å². The molecule has 1 aromatic rings. The third kappa shape index (κ3) is 6.35. The summed E-state index contributed by atoms with van der Waals surface area (Å²) in [6.45, 7) is 4.15. The van der Waals surface area contributed by atoms with Crippen molar-refractivity contribution in [2.45, 2.75) is 13.3 Å². The summed E-state index contributed by atoms with van der Waals surface area (Å²) in [5, 5.41) is 5.87. The molecular weight excluding hydrogens is 272 g/mol. The summed E-state index contributed by atoms with van der Waals surface area (Å²) >= 11 is 0. The third-order valence-electron chi connectivity index (χ3n) is 2.83. The van der Waals surface area contributed by atoms with Crippen LogP contribution in [0.2, 0.25) is 0 Å². The van der Waals surface area contributed by atoms with Crippen LogP contribution in [0.1, 0.15) is 13.3 Å². The number of methoxy groups -OCH3 is 2. The molecule has 0 heterocycles. The van der Waals surface area contributed by atoms with E-state index in [1.54, 1.807) is 26.4 Å². The molecule has 0 fully saturated rings. The lowest BCUT2D eigenvalue weighted by Gasteiger charge is -2.11. The molecule has 1 rings (SSSR count). The van der Waals surface area contributed by atoms with Crippen LogP contribution in [0.25, 0.3) is 0 Å². The van der Waals surface area contributed by atoms with Crippen molar-refractivity contribution in [2.24, 2.45) is 0 Å². The van der Waals surface area contributed by atoms with Gasteiger partial charge in [0.05, 0.1) is 20.8 Å². The summed E-state index contributed by atoms with van der Waals surface area (Å²) in [7, 11) is 3.16. The van der Waals surface area contributed by atoms with Crippen LogP contribution in [-0.4, -0.2) is 46.4 Å². The molecule has 0 unspecified atom stereocenters. The van der Waals surface area contributed by atoms with E-state index >= 15 is 0 Å². The van der Waals surface area contributed by atoms with Gasteiger partial charge in [0.1, 0.15) is 0 Å². The van der Waals surface area contributed by atoms with Crippen molar-refractivity contribution in [3.05, 3.63) is 18.2 Å². The molecule has 0 aliphatic carbocycles. The molecule has 0 saturated heterocycles.